The maximum atomic E-state index is 12.6. The summed E-state index contributed by atoms with van der Waals surface area (Å²) in [6, 6.07) is 1.33. The molecule has 1 aromatic carbocycles. The number of rotatable bonds is 1. The van der Waals surface area contributed by atoms with Gasteiger partial charge in [-0.25, -0.2) is 4.79 Å². The zero-order valence-corrected chi connectivity index (χ0v) is 16.7. The van der Waals surface area contributed by atoms with Crippen LogP contribution in [0.4, 0.5) is 0 Å². The molecule has 0 saturated carbocycles. The summed E-state index contributed by atoms with van der Waals surface area (Å²) in [6.07, 6.45) is 5.46. The Kier molecular flexibility index (Phi) is 8.68. The van der Waals surface area contributed by atoms with Crippen molar-refractivity contribution in [3.05, 3.63) is 39.9 Å². The van der Waals surface area contributed by atoms with Gasteiger partial charge < -0.3 is 25.2 Å². The van der Waals surface area contributed by atoms with E-state index in [1.165, 1.54) is 19.3 Å². The van der Waals surface area contributed by atoms with Gasteiger partial charge in [0, 0.05) is 24.5 Å². The lowest BCUT2D eigenvalue weighted by Crippen LogP contribution is -2.16. The maximum absolute atomic E-state index is 12.6. The van der Waals surface area contributed by atoms with Crippen LogP contribution < -0.4 is 4.74 Å². The molecule has 0 bridgehead atoms. The standard InChI is InChI=1S/C19H21BrO6.H2O/c1-11-5-3-6-12(21)9-13(22)7-4-8-14-17(19(24)26-11)15(23)10-16(25-2)18(14)20;/h3-4,6,8,10-11,13,22-23H,5,7,9H2,1-2H3;1H2/b6-3-,8-4+;/t11-,13-;/m0./s1. The molecule has 1 heterocycles. The first-order valence-corrected chi connectivity index (χ1v) is 8.97. The van der Waals surface area contributed by atoms with E-state index in [0.717, 1.165) is 0 Å². The van der Waals surface area contributed by atoms with Gasteiger partial charge in [-0.15, -0.1) is 0 Å². The molecule has 1 aromatic rings. The first-order valence-electron chi connectivity index (χ1n) is 8.17. The van der Waals surface area contributed by atoms with Crippen molar-refractivity contribution < 1.29 is 34.8 Å². The number of carbonyl (C=O) groups is 2. The van der Waals surface area contributed by atoms with Crippen molar-refractivity contribution in [1.29, 1.82) is 0 Å². The quantitative estimate of drug-likeness (QED) is 0.643. The molecule has 1 aliphatic rings. The second-order valence-electron chi connectivity index (χ2n) is 6.02. The number of hydrogen-bond donors (Lipinski definition) is 2. The third-order valence-electron chi connectivity index (χ3n) is 3.88. The van der Waals surface area contributed by atoms with E-state index < -0.39 is 18.2 Å². The number of cyclic esters (lactones) is 1. The minimum atomic E-state index is -0.836. The number of aromatic hydroxyl groups is 1. The Labute approximate surface area is 165 Å². The molecule has 2 rings (SSSR count). The van der Waals surface area contributed by atoms with Gasteiger partial charge in [-0.1, -0.05) is 18.2 Å². The number of aliphatic hydroxyl groups is 1. The van der Waals surface area contributed by atoms with Gasteiger partial charge in [-0.2, -0.15) is 0 Å². The molecule has 0 aromatic heterocycles. The van der Waals surface area contributed by atoms with Crippen molar-refractivity contribution in [2.45, 2.75) is 38.4 Å². The largest absolute Gasteiger partial charge is 0.507 e. The first-order chi connectivity index (χ1) is 12.3. The summed E-state index contributed by atoms with van der Waals surface area (Å²) in [7, 11) is 1.45. The van der Waals surface area contributed by atoms with Crippen LogP contribution in [0.1, 0.15) is 42.1 Å². The van der Waals surface area contributed by atoms with Crippen LogP contribution in [0.25, 0.3) is 6.08 Å². The van der Waals surface area contributed by atoms with Crippen LogP contribution in [0.5, 0.6) is 11.5 Å². The fraction of sp³-hybridized carbons (Fsp3) is 0.368. The molecular weight excluding hydrogens is 420 g/mol. The van der Waals surface area contributed by atoms with E-state index in [1.807, 2.05) is 0 Å². The molecule has 0 unspecified atom stereocenters. The number of hydrogen-bond acceptors (Lipinski definition) is 6. The maximum Gasteiger partial charge on any atom is 0.342 e. The van der Waals surface area contributed by atoms with Crippen molar-refractivity contribution in [1.82, 2.24) is 0 Å². The third-order valence-corrected chi connectivity index (χ3v) is 4.70. The minimum absolute atomic E-state index is 0. The molecule has 2 atom stereocenters. The van der Waals surface area contributed by atoms with Gasteiger partial charge in [0.15, 0.2) is 5.78 Å². The summed E-state index contributed by atoms with van der Waals surface area (Å²) in [5.41, 5.74) is 0.387. The Morgan fingerprint density at radius 3 is 2.56 bits per heavy atom. The van der Waals surface area contributed by atoms with Crippen molar-refractivity contribution in [3.8, 4) is 11.5 Å². The molecule has 0 radical (unpaired) electrons. The number of halogens is 1. The average molecular weight is 443 g/mol. The number of aliphatic hydroxyl groups excluding tert-OH is 1. The van der Waals surface area contributed by atoms with E-state index in [2.05, 4.69) is 15.9 Å². The van der Waals surface area contributed by atoms with Gasteiger partial charge in [0.25, 0.3) is 0 Å². The van der Waals surface area contributed by atoms with Gasteiger partial charge in [-0.05, 0) is 35.4 Å². The Morgan fingerprint density at radius 2 is 1.89 bits per heavy atom. The molecular formula is C19H23BrO7. The molecule has 0 fully saturated rings. The summed E-state index contributed by atoms with van der Waals surface area (Å²) >= 11 is 3.37. The third kappa shape index (κ3) is 5.92. The Balaban J connectivity index is 0.00000364. The van der Waals surface area contributed by atoms with Gasteiger partial charge >= 0.3 is 5.97 Å². The summed E-state index contributed by atoms with van der Waals surface area (Å²) in [5.74, 6) is -0.787. The van der Waals surface area contributed by atoms with Crippen LogP contribution in [0.2, 0.25) is 0 Å². The Morgan fingerprint density at radius 1 is 1.22 bits per heavy atom. The van der Waals surface area contributed by atoms with Gasteiger partial charge in [-0.3, -0.25) is 4.79 Å². The second-order valence-corrected chi connectivity index (χ2v) is 6.81. The lowest BCUT2D eigenvalue weighted by atomic mass is 10.0. The van der Waals surface area contributed by atoms with Crippen LogP contribution in [0.3, 0.4) is 0 Å². The second kappa shape index (κ2) is 10.2. The molecule has 0 saturated heterocycles. The lowest BCUT2D eigenvalue weighted by molar-refractivity contribution is -0.116. The Bertz CT molecular complexity index is 755. The highest BCUT2D eigenvalue weighted by atomic mass is 79.9. The highest BCUT2D eigenvalue weighted by Gasteiger charge is 2.24. The fourth-order valence-electron chi connectivity index (χ4n) is 2.57. The molecule has 27 heavy (non-hydrogen) atoms. The van der Waals surface area contributed by atoms with Crippen molar-refractivity contribution in [2.24, 2.45) is 0 Å². The predicted octanol–water partition coefficient (Wildman–Crippen LogP) is 2.57. The van der Waals surface area contributed by atoms with Crippen molar-refractivity contribution >= 4 is 33.8 Å². The SMILES string of the molecule is COc1cc(O)c2c(c1Br)/C=C/C[C@H](O)CC(=O)/C=C\C[C@H](C)OC2=O.O. The molecule has 0 amide bonds. The molecule has 7 nitrogen and oxygen atoms in total. The number of fused-ring (bicyclic) bond motifs is 1. The number of esters is 1. The number of benzene rings is 1. The number of ether oxygens (including phenoxy) is 2. The van der Waals surface area contributed by atoms with Crippen LogP contribution >= 0.6 is 15.9 Å². The van der Waals surface area contributed by atoms with E-state index in [1.54, 1.807) is 25.2 Å². The molecule has 0 spiro atoms. The molecule has 1 aliphatic heterocycles. The summed E-state index contributed by atoms with van der Waals surface area (Å²) in [6.45, 7) is 1.69. The van der Waals surface area contributed by atoms with E-state index in [-0.39, 0.29) is 35.4 Å². The number of ketones is 1. The number of methoxy groups -OCH3 is 1. The van der Waals surface area contributed by atoms with Crippen LogP contribution in [-0.2, 0) is 9.53 Å². The van der Waals surface area contributed by atoms with E-state index >= 15 is 0 Å². The van der Waals surface area contributed by atoms with E-state index in [0.29, 0.717) is 22.2 Å². The molecule has 0 aliphatic carbocycles. The van der Waals surface area contributed by atoms with E-state index in [4.69, 9.17) is 9.47 Å². The van der Waals surface area contributed by atoms with Gasteiger partial charge in [0.1, 0.15) is 23.2 Å². The molecule has 148 valence electrons. The average Bonchev–Trinajstić information content (AvgIpc) is 2.56. The zero-order chi connectivity index (χ0) is 19.3. The lowest BCUT2D eigenvalue weighted by Gasteiger charge is -2.17. The van der Waals surface area contributed by atoms with Crippen LogP contribution in [0, 0.1) is 0 Å². The monoisotopic (exact) mass is 442 g/mol. The molecule has 8 heteroatoms. The van der Waals surface area contributed by atoms with Crippen LogP contribution in [-0.4, -0.2) is 46.8 Å². The normalized spacial score (nSPS) is 23.3. The Hall–Kier alpha value is -2.16. The highest BCUT2D eigenvalue weighted by Crippen LogP contribution is 2.38. The predicted molar refractivity (Wildman–Crippen MR) is 104 cm³/mol. The molecule has 4 N–H and O–H groups in total. The first kappa shape index (κ1) is 22.9. The van der Waals surface area contributed by atoms with Gasteiger partial charge in [0.2, 0.25) is 0 Å². The number of allylic oxidation sites excluding steroid dienone is 1. The summed E-state index contributed by atoms with van der Waals surface area (Å²) in [5, 5.41) is 20.3. The van der Waals surface area contributed by atoms with Crippen molar-refractivity contribution in [3.63, 3.8) is 0 Å². The number of phenolic OH excluding ortho intramolecular Hbond substituents is 1. The van der Waals surface area contributed by atoms with E-state index in [9.17, 15) is 19.8 Å². The smallest absolute Gasteiger partial charge is 0.342 e. The minimum Gasteiger partial charge on any atom is -0.507 e. The number of carbonyl (C=O) groups excluding carboxylic acids is 2. The topological polar surface area (TPSA) is 125 Å². The summed E-state index contributed by atoms with van der Waals surface area (Å²) in [4.78, 5) is 24.3. The van der Waals surface area contributed by atoms with Crippen LogP contribution in [0.15, 0.2) is 28.8 Å². The highest BCUT2D eigenvalue weighted by molar-refractivity contribution is 9.10. The number of phenols is 1. The zero-order valence-electron chi connectivity index (χ0n) is 15.1. The summed E-state index contributed by atoms with van der Waals surface area (Å²) < 4.78 is 11.1. The fourth-order valence-corrected chi connectivity index (χ4v) is 3.17. The van der Waals surface area contributed by atoms with Gasteiger partial charge in [0.05, 0.1) is 17.7 Å². The van der Waals surface area contributed by atoms with Crippen molar-refractivity contribution in [2.75, 3.05) is 7.11 Å².